The Hall–Kier alpha value is -2.11. The van der Waals surface area contributed by atoms with Crippen LogP contribution < -0.4 is 33.4 Å². The van der Waals surface area contributed by atoms with E-state index in [4.69, 9.17) is 11.6 Å². The molecule has 1 aromatic heterocycles. The number of fused-ring (bicyclic) bond motifs is 1. The van der Waals surface area contributed by atoms with Crippen LogP contribution in [0.2, 0.25) is 5.02 Å². The molecular formula is C27H28ClIN2. The summed E-state index contributed by atoms with van der Waals surface area (Å²) in [4.78, 5) is 2.22. The zero-order chi connectivity index (χ0) is 20.8. The summed E-state index contributed by atoms with van der Waals surface area (Å²) in [5.41, 5.74) is 5.03. The molecule has 0 aliphatic heterocycles. The highest BCUT2D eigenvalue weighted by molar-refractivity contribution is 6.30. The molecule has 4 heteroatoms. The van der Waals surface area contributed by atoms with Crippen LogP contribution in [0.15, 0.2) is 91.1 Å². The van der Waals surface area contributed by atoms with Gasteiger partial charge in [-0.3, -0.25) is 0 Å². The molecule has 4 rings (SSSR count). The summed E-state index contributed by atoms with van der Waals surface area (Å²) in [5.74, 6) is 0. The fourth-order valence-electron chi connectivity index (χ4n) is 3.91. The van der Waals surface area contributed by atoms with E-state index >= 15 is 0 Å². The van der Waals surface area contributed by atoms with E-state index < -0.39 is 0 Å². The van der Waals surface area contributed by atoms with Gasteiger partial charge >= 0.3 is 0 Å². The van der Waals surface area contributed by atoms with Gasteiger partial charge in [0.05, 0.1) is 0 Å². The average Bonchev–Trinajstić information content (AvgIpc) is 2.79. The summed E-state index contributed by atoms with van der Waals surface area (Å²) in [6.45, 7) is 1.03. The second-order valence-electron chi connectivity index (χ2n) is 7.78. The summed E-state index contributed by atoms with van der Waals surface area (Å²) >= 11 is 6.07. The van der Waals surface area contributed by atoms with E-state index in [0.717, 1.165) is 23.7 Å². The largest absolute Gasteiger partial charge is 1.00 e. The van der Waals surface area contributed by atoms with Crippen molar-refractivity contribution in [3.63, 3.8) is 0 Å². The lowest BCUT2D eigenvalue weighted by Gasteiger charge is -2.19. The number of para-hydroxylation sites is 1. The monoisotopic (exact) mass is 542 g/mol. The van der Waals surface area contributed by atoms with Gasteiger partial charge in [0.1, 0.15) is 12.2 Å². The predicted octanol–water partition coefficient (Wildman–Crippen LogP) is 3.97. The Labute approximate surface area is 207 Å². The number of unbranched alkanes of at least 4 members (excludes halogenated alkanes) is 2. The maximum Gasteiger partial charge on any atom is 0.212 e. The van der Waals surface area contributed by atoms with E-state index in [9.17, 15) is 0 Å². The maximum absolute atomic E-state index is 6.07. The van der Waals surface area contributed by atoms with E-state index in [0.29, 0.717) is 0 Å². The maximum atomic E-state index is 6.07. The fourth-order valence-corrected chi connectivity index (χ4v) is 4.04. The van der Waals surface area contributed by atoms with Crippen molar-refractivity contribution in [3.05, 3.63) is 102 Å². The molecule has 31 heavy (non-hydrogen) atoms. The summed E-state index contributed by atoms with van der Waals surface area (Å²) in [6, 6.07) is 29.7. The number of hydrogen-bond donors (Lipinski definition) is 0. The summed E-state index contributed by atoms with van der Waals surface area (Å²) in [5, 5.41) is 2.02. The van der Waals surface area contributed by atoms with E-state index in [-0.39, 0.29) is 24.0 Å². The van der Waals surface area contributed by atoms with Crippen molar-refractivity contribution in [3.8, 4) is 0 Å². The lowest BCUT2D eigenvalue weighted by atomic mass is 10.1. The molecule has 0 radical (unpaired) electrons. The molecule has 1 heterocycles. The molecule has 160 valence electrons. The Morgan fingerprint density at radius 2 is 1.48 bits per heavy atom. The average molecular weight is 543 g/mol. The molecule has 0 spiro atoms. The van der Waals surface area contributed by atoms with Gasteiger partial charge in [0.25, 0.3) is 0 Å². The lowest BCUT2D eigenvalue weighted by molar-refractivity contribution is -0.671. The van der Waals surface area contributed by atoms with Gasteiger partial charge in [-0.15, -0.1) is 0 Å². The number of pyridine rings is 1. The van der Waals surface area contributed by atoms with Gasteiger partial charge in [0.2, 0.25) is 5.52 Å². The van der Waals surface area contributed by atoms with Gasteiger partial charge in [-0.2, -0.15) is 4.57 Å². The van der Waals surface area contributed by atoms with Crippen molar-refractivity contribution in [2.24, 2.45) is 0 Å². The van der Waals surface area contributed by atoms with Crippen molar-refractivity contribution < 1.29 is 28.5 Å². The van der Waals surface area contributed by atoms with E-state index in [1.165, 1.54) is 41.4 Å². The first-order chi connectivity index (χ1) is 14.7. The van der Waals surface area contributed by atoms with Crippen LogP contribution in [-0.2, 0) is 13.0 Å². The molecule has 0 fully saturated rings. The van der Waals surface area contributed by atoms with Gasteiger partial charge in [0, 0.05) is 35.6 Å². The quantitative estimate of drug-likeness (QED) is 0.186. The number of nitrogens with zero attached hydrogens (tertiary/aromatic N) is 2. The normalized spacial score (nSPS) is 10.6. The number of benzene rings is 3. The van der Waals surface area contributed by atoms with Gasteiger partial charge in [-0.25, -0.2) is 0 Å². The zero-order valence-corrected chi connectivity index (χ0v) is 20.8. The minimum atomic E-state index is 0. The van der Waals surface area contributed by atoms with Crippen LogP contribution >= 0.6 is 11.6 Å². The standard InChI is InChI=1S/C27H28ClN2.HI/c1-29(25-17-15-24(28)16-18-25)26-20-23-13-7-8-14-27(23)30(21-26)19-9-3-6-12-22-10-4-2-5-11-22;/h2,4-5,7-8,10-11,13-18,20-21H,3,6,9,12,19H2,1H3;1H/q+1;/p-1. The number of anilines is 2. The van der Waals surface area contributed by atoms with Gasteiger partial charge < -0.3 is 28.9 Å². The summed E-state index contributed by atoms with van der Waals surface area (Å²) in [6.07, 6.45) is 7.07. The molecule has 0 saturated heterocycles. The van der Waals surface area contributed by atoms with Crippen LogP contribution in [-0.4, -0.2) is 7.05 Å². The summed E-state index contributed by atoms with van der Waals surface area (Å²) in [7, 11) is 2.11. The molecule has 0 atom stereocenters. The van der Waals surface area contributed by atoms with Crippen LogP contribution in [0.1, 0.15) is 24.8 Å². The zero-order valence-electron chi connectivity index (χ0n) is 17.8. The SMILES string of the molecule is CN(c1ccc(Cl)cc1)c1cc2ccccc2[n+](CCCCCc2ccccc2)c1.[I-]. The smallest absolute Gasteiger partial charge is 0.212 e. The summed E-state index contributed by atoms with van der Waals surface area (Å²) < 4.78 is 2.40. The fraction of sp³-hybridized carbons (Fsp3) is 0.222. The minimum absolute atomic E-state index is 0. The topological polar surface area (TPSA) is 7.12 Å². The third-order valence-corrected chi connectivity index (χ3v) is 5.90. The molecule has 2 nitrogen and oxygen atoms in total. The van der Waals surface area contributed by atoms with Crippen LogP contribution in [0, 0.1) is 0 Å². The Morgan fingerprint density at radius 3 is 2.26 bits per heavy atom. The van der Waals surface area contributed by atoms with Gasteiger partial charge in [-0.1, -0.05) is 54.1 Å². The van der Waals surface area contributed by atoms with Gasteiger partial charge in [0.15, 0.2) is 6.20 Å². The third kappa shape index (κ3) is 6.20. The second kappa shape index (κ2) is 11.5. The van der Waals surface area contributed by atoms with Crippen molar-refractivity contribution in [2.45, 2.75) is 32.2 Å². The van der Waals surface area contributed by atoms with Crippen molar-refractivity contribution >= 4 is 33.9 Å². The molecule has 0 aliphatic rings. The van der Waals surface area contributed by atoms with Crippen LogP contribution in [0.25, 0.3) is 10.9 Å². The molecule has 0 saturated carbocycles. The number of halogens is 2. The van der Waals surface area contributed by atoms with Crippen LogP contribution in [0.3, 0.4) is 0 Å². The van der Waals surface area contributed by atoms with E-state index in [1.54, 1.807) is 0 Å². The highest BCUT2D eigenvalue weighted by Crippen LogP contribution is 2.26. The minimum Gasteiger partial charge on any atom is -1.00 e. The molecular weight excluding hydrogens is 515 g/mol. The highest BCUT2D eigenvalue weighted by atomic mass is 127. The van der Waals surface area contributed by atoms with Crippen LogP contribution in [0.5, 0.6) is 0 Å². The predicted molar refractivity (Wildman–Crippen MR) is 128 cm³/mol. The number of aromatic nitrogens is 1. The van der Waals surface area contributed by atoms with Crippen molar-refractivity contribution in [2.75, 3.05) is 11.9 Å². The molecule has 3 aromatic carbocycles. The third-order valence-electron chi connectivity index (χ3n) is 5.65. The Bertz CT molecular complexity index is 1100. The highest BCUT2D eigenvalue weighted by Gasteiger charge is 2.14. The van der Waals surface area contributed by atoms with Crippen molar-refractivity contribution in [1.29, 1.82) is 0 Å². The molecule has 4 aromatic rings. The number of rotatable bonds is 8. The first kappa shape index (κ1) is 23.6. The van der Waals surface area contributed by atoms with Gasteiger partial charge in [-0.05, 0) is 61.2 Å². The molecule has 0 unspecified atom stereocenters. The second-order valence-corrected chi connectivity index (χ2v) is 8.22. The lowest BCUT2D eigenvalue weighted by Crippen LogP contribution is -3.00. The van der Waals surface area contributed by atoms with Crippen molar-refractivity contribution in [1.82, 2.24) is 0 Å². The molecule has 0 N–H and O–H groups in total. The number of hydrogen-bond acceptors (Lipinski definition) is 1. The Kier molecular flexibility index (Phi) is 8.73. The first-order valence-corrected chi connectivity index (χ1v) is 11.0. The van der Waals surface area contributed by atoms with E-state index in [1.807, 2.05) is 12.1 Å². The number of aryl methyl sites for hydroxylation is 2. The molecule has 0 bridgehead atoms. The molecule has 0 aliphatic carbocycles. The first-order valence-electron chi connectivity index (χ1n) is 10.7. The molecule has 0 amide bonds. The van der Waals surface area contributed by atoms with E-state index in [2.05, 4.69) is 95.5 Å². The Balaban J connectivity index is 0.00000272. The Morgan fingerprint density at radius 1 is 0.774 bits per heavy atom. The van der Waals surface area contributed by atoms with Crippen LogP contribution in [0.4, 0.5) is 11.4 Å².